The molecule has 0 saturated carbocycles. The molecule has 0 aromatic carbocycles. The van der Waals surface area contributed by atoms with E-state index in [2.05, 4.69) is 15.2 Å². The van der Waals surface area contributed by atoms with Gasteiger partial charge in [0.05, 0.1) is 6.10 Å². The second kappa shape index (κ2) is 10.3. The average Bonchev–Trinajstić information content (AvgIpc) is 3.02. The summed E-state index contributed by atoms with van der Waals surface area (Å²) in [4.78, 5) is 20.0. The highest BCUT2D eigenvalue weighted by atomic mass is 127. The molecule has 2 fully saturated rings. The van der Waals surface area contributed by atoms with Crippen LogP contribution in [0.25, 0.3) is 0 Å². The van der Waals surface area contributed by atoms with E-state index < -0.39 is 0 Å². The molecule has 2 rings (SSSR count). The van der Waals surface area contributed by atoms with Crippen molar-refractivity contribution in [2.24, 2.45) is 4.99 Å². The van der Waals surface area contributed by atoms with Gasteiger partial charge < -0.3 is 19.9 Å². The fraction of sp³-hybridized carbons (Fsp3) is 0.867. The quantitative estimate of drug-likeness (QED) is 0.420. The summed E-state index contributed by atoms with van der Waals surface area (Å²) >= 11 is 0. The molecule has 22 heavy (non-hydrogen) atoms. The third-order valence-corrected chi connectivity index (χ3v) is 4.03. The Morgan fingerprint density at radius 2 is 2.00 bits per heavy atom. The molecule has 2 heterocycles. The second-order valence-electron chi connectivity index (χ2n) is 5.99. The van der Waals surface area contributed by atoms with Gasteiger partial charge in [-0.25, -0.2) is 4.99 Å². The van der Waals surface area contributed by atoms with Crippen molar-refractivity contribution in [2.75, 3.05) is 46.9 Å². The molecule has 1 N–H and O–H groups in total. The highest BCUT2D eigenvalue weighted by Gasteiger charge is 2.19. The molecule has 1 amide bonds. The monoisotopic (exact) mass is 424 g/mol. The summed E-state index contributed by atoms with van der Waals surface area (Å²) in [7, 11) is 3.52. The maximum absolute atomic E-state index is 11.7. The zero-order valence-corrected chi connectivity index (χ0v) is 16.0. The Bertz CT molecular complexity index is 365. The van der Waals surface area contributed by atoms with Crippen LogP contribution in [0.15, 0.2) is 4.99 Å². The number of hydrogen-bond acceptors (Lipinski definition) is 3. The standard InChI is InChI=1S/C15H28N4O2.HI/c1-18(2)14(20)12-17-15(19-8-4-5-9-19)16-11-13-7-3-6-10-21-13;/h13H,3-12H2,1-2H3,(H,16,17);1H. The lowest BCUT2D eigenvalue weighted by Gasteiger charge is -2.26. The van der Waals surface area contributed by atoms with Gasteiger partial charge in [-0.05, 0) is 32.1 Å². The van der Waals surface area contributed by atoms with Crippen LogP contribution in [0.5, 0.6) is 0 Å². The SMILES string of the molecule is CN(C)C(=O)CN=C(NCC1CCCCO1)N1CCCC1.I. The van der Waals surface area contributed by atoms with Crippen LogP contribution in [-0.4, -0.2) is 74.7 Å². The summed E-state index contributed by atoms with van der Waals surface area (Å²) in [5, 5.41) is 3.41. The second-order valence-corrected chi connectivity index (χ2v) is 5.99. The number of guanidine groups is 1. The number of halogens is 1. The molecule has 2 saturated heterocycles. The molecule has 0 spiro atoms. The number of carbonyl (C=O) groups excluding carboxylic acids is 1. The molecule has 2 aliphatic heterocycles. The summed E-state index contributed by atoms with van der Waals surface area (Å²) in [6.07, 6.45) is 6.18. The van der Waals surface area contributed by atoms with E-state index in [-0.39, 0.29) is 42.5 Å². The number of likely N-dealkylation sites (tertiary alicyclic amines) is 1. The van der Waals surface area contributed by atoms with Crippen LogP contribution in [0.1, 0.15) is 32.1 Å². The van der Waals surface area contributed by atoms with Crippen LogP contribution in [0.4, 0.5) is 0 Å². The predicted octanol–water partition coefficient (Wildman–Crippen LogP) is 1.30. The lowest BCUT2D eigenvalue weighted by atomic mass is 10.1. The molecule has 0 bridgehead atoms. The first-order chi connectivity index (χ1) is 10.2. The van der Waals surface area contributed by atoms with Gasteiger partial charge in [0.15, 0.2) is 5.96 Å². The van der Waals surface area contributed by atoms with Gasteiger partial charge >= 0.3 is 0 Å². The van der Waals surface area contributed by atoms with Gasteiger partial charge in [-0.3, -0.25) is 4.79 Å². The lowest BCUT2D eigenvalue weighted by molar-refractivity contribution is -0.127. The highest BCUT2D eigenvalue weighted by molar-refractivity contribution is 14.0. The van der Waals surface area contributed by atoms with Crippen molar-refractivity contribution in [3.63, 3.8) is 0 Å². The third-order valence-electron chi connectivity index (χ3n) is 4.03. The van der Waals surface area contributed by atoms with Crippen LogP contribution in [0.2, 0.25) is 0 Å². The Labute approximate surface area is 150 Å². The largest absolute Gasteiger partial charge is 0.376 e. The first kappa shape index (κ1) is 19.5. The van der Waals surface area contributed by atoms with Gasteiger partial charge in [-0.1, -0.05) is 0 Å². The molecular weight excluding hydrogens is 395 g/mol. The van der Waals surface area contributed by atoms with Gasteiger partial charge in [-0.2, -0.15) is 0 Å². The van der Waals surface area contributed by atoms with Crippen molar-refractivity contribution in [1.29, 1.82) is 0 Å². The molecule has 7 heteroatoms. The molecule has 0 aliphatic carbocycles. The number of aliphatic imine (C=N–C) groups is 1. The van der Waals surface area contributed by atoms with Crippen LogP contribution < -0.4 is 5.32 Å². The lowest BCUT2D eigenvalue weighted by Crippen LogP contribution is -2.44. The van der Waals surface area contributed by atoms with Gasteiger partial charge in [0, 0.05) is 40.3 Å². The molecule has 0 aromatic heterocycles. The number of likely N-dealkylation sites (N-methyl/N-ethyl adjacent to an activating group) is 1. The number of amides is 1. The molecule has 1 atom stereocenters. The summed E-state index contributed by atoms with van der Waals surface area (Å²) in [5.74, 6) is 0.888. The van der Waals surface area contributed by atoms with Crippen molar-refractivity contribution in [3.05, 3.63) is 0 Å². The summed E-state index contributed by atoms with van der Waals surface area (Å²) in [5.41, 5.74) is 0. The Balaban J connectivity index is 0.00000242. The van der Waals surface area contributed by atoms with E-state index in [0.29, 0.717) is 0 Å². The first-order valence-electron chi connectivity index (χ1n) is 8.02. The third kappa shape index (κ3) is 6.28. The normalized spacial score (nSPS) is 22.2. The Kier molecular flexibility index (Phi) is 9.08. The fourth-order valence-electron chi connectivity index (χ4n) is 2.65. The molecule has 0 aromatic rings. The van der Waals surface area contributed by atoms with Gasteiger partial charge in [0.25, 0.3) is 0 Å². The molecule has 2 aliphatic rings. The van der Waals surface area contributed by atoms with Crippen molar-refractivity contribution in [2.45, 2.75) is 38.2 Å². The van der Waals surface area contributed by atoms with Crippen LogP contribution in [-0.2, 0) is 9.53 Å². The zero-order chi connectivity index (χ0) is 15.1. The molecular formula is C15H29IN4O2. The molecule has 128 valence electrons. The van der Waals surface area contributed by atoms with Crippen LogP contribution in [0.3, 0.4) is 0 Å². The Morgan fingerprint density at radius 3 is 2.59 bits per heavy atom. The van der Waals surface area contributed by atoms with Gasteiger partial charge in [0.2, 0.25) is 5.91 Å². The van der Waals surface area contributed by atoms with Gasteiger partial charge in [0.1, 0.15) is 6.54 Å². The molecule has 1 unspecified atom stereocenters. The molecule has 6 nitrogen and oxygen atoms in total. The van der Waals surface area contributed by atoms with E-state index in [4.69, 9.17) is 4.74 Å². The minimum atomic E-state index is 0. The van der Waals surface area contributed by atoms with Crippen molar-refractivity contribution < 1.29 is 9.53 Å². The van der Waals surface area contributed by atoms with E-state index in [0.717, 1.165) is 38.6 Å². The smallest absolute Gasteiger partial charge is 0.243 e. The Hall–Kier alpha value is -0.570. The zero-order valence-electron chi connectivity index (χ0n) is 13.7. The number of carbonyl (C=O) groups is 1. The summed E-state index contributed by atoms with van der Waals surface area (Å²) in [6.45, 7) is 3.89. The summed E-state index contributed by atoms with van der Waals surface area (Å²) in [6, 6.07) is 0. The topological polar surface area (TPSA) is 57.2 Å². The number of nitrogens with zero attached hydrogens (tertiary/aromatic N) is 3. The minimum Gasteiger partial charge on any atom is -0.376 e. The fourth-order valence-corrected chi connectivity index (χ4v) is 2.65. The van der Waals surface area contributed by atoms with E-state index >= 15 is 0 Å². The number of hydrogen-bond donors (Lipinski definition) is 1. The van der Waals surface area contributed by atoms with E-state index in [9.17, 15) is 4.79 Å². The maximum Gasteiger partial charge on any atom is 0.243 e. The van der Waals surface area contributed by atoms with Gasteiger partial charge in [-0.15, -0.1) is 24.0 Å². The number of ether oxygens (including phenoxy) is 1. The maximum atomic E-state index is 11.7. The highest BCUT2D eigenvalue weighted by Crippen LogP contribution is 2.12. The average molecular weight is 424 g/mol. The van der Waals surface area contributed by atoms with Crippen LogP contribution >= 0.6 is 24.0 Å². The van der Waals surface area contributed by atoms with Crippen molar-refractivity contribution in [1.82, 2.24) is 15.1 Å². The van der Waals surface area contributed by atoms with Crippen LogP contribution in [0, 0.1) is 0 Å². The van der Waals surface area contributed by atoms with Crippen molar-refractivity contribution in [3.8, 4) is 0 Å². The van der Waals surface area contributed by atoms with E-state index in [1.165, 1.54) is 25.7 Å². The van der Waals surface area contributed by atoms with Crippen molar-refractivity contribution >= 4 is 35.8 Å². The summed E-state index contributed by atoms with van der Waals surface area (Å²) < 4.78 is 5.74. The molecule has 0 radical (unpaired) electrons. The minimum absolute atomic E-state index is 0. The number of rotatable bonds is 4. The predicted molar refractivity (Wildman–Crippen MR) is 98.8 cm³/mol. The van der Waals surface area contributed by atoms with E-state index in [1.54, 1.807) is 19.0 Å². The van der Waals surface area contributed by atoms with E-state index in [1.807, 2.05) is 0 Å². The number of nitrogens with one attached hydrogen (secondary N) is 1. The Morgan fingerprint density at radius 1 is 1.27 bits per heavy atom. The first-order valence-corrected chi connectivity index (χ1v) is 8.02.